The number of urea groups is 1. The lowest BCUT2D eigenvalue weighted by atomic mass is 9.55. The van der Waals surface area contributed by atoms with Crippen molar-refractivity contribution in [2.24, 2.45) is 5.73 Å². The second-order valence-electron chi connectivity index (χ2n) is 12.9. The Morgan fingerprint density at radius 3 is 2.22 bits per heavy atom. The molecule has 1 radical (unpaired) electrons. The lowest BCUT2D eigenvalue weighted by Gasteiger charge is -2.65. The molecule has 3 aliphatic rings. The number of ether oxygens (including phenoxy) is 1. The van der Waals surface area contributed by atoms with Gasteiger partial charge in [0.25, 0.3) is 5.91 Å². The van der Waals surface area contributed by atoms with E-state index in [1.54, 1.807) is 41.6 Å². The Bertz CT molecular complexity index is 1930. The number of phenolic OH excluding ortho intramolecular Hbond substituents is 1. The summed E-state index contributed by atoms with van der Waals surface area (Å²) in [6.07, 6.45) is -5.94. The van der Waals surface area contributed by atoms with Gasteiger partial charge in [-0.15, -0.1) is 13.2 Å². The Balaban J connectivity index is 1.55. The molecule has 0 bridgehead atoms. The number of nitrogens with one attached hydrogen (secondary N) is 2. The molecule has 0 saturated heterocycles. The number of nitrogens with zero attached hydrogens (tertiary/aromatic N) is 2. The monoisotopic (exact) mass is 831 g/mol. The zero-order valence-electron chi connectivity index (χ0n) is 27.3. The van der Waals surface area contributed by atoms with Gasteiger partial charge in [-0.3, -0.25) is 14.4 Å². The number of halogens is 4. The van der Waals surface area contributed by atoms with E-state index in [9.17, 15) is 57.9 Å². The maximum absolute atomic E-state index is 14.4. The number of phenols is 1. The quantitative estimate of drug-likeness (QED) is 0.0864. The highest BCUT2D eigenvalue weighted by molar-refractivity contribution is 6.25. The van der Waals surface area contributed by atoms with Crippen molar-refractivity contribution in [1.82, 2.24) is 10.2 Å². The number of hydrogen-bond donors (Lipinski definition) is 8. The highest BCUT2D eigenvalue weighted by Gasteiger charge is 2.69. The van der Waals surface area contributed by atoms with E-state index in [4.69, 9.17) is 5.73 Å². The number of primary amides is 1. The van der Waals surface area contributed by atoms with Crippen LogP contribution >= 0.6 is 0 Å². The summed E-state index contributed by atoms with van der Waals surface area (Å²) in [6, 6.07) is 3.45. The highest BCUT2D eigenvalue weighted by atomic mass is 127. The van der Waals surface area contributed by atoms with Crippen LogP contribution in [0, 0.1) is 0 Å². The van der Waals surface area contributed by atoms with Crippen molar-refractivity contribution >= 4 is 40.6 Å². The molecule has 275 valence electrons. The number of aliphatic hydroxyl groups excluding tert-OH is 2. The summed E-state index contributed by atoms with van der Waals surface area (Å²) in [4.78, 5) is 55.7. The van der Waals surface area contributed by atoms with Crippen LogP contribution in [0.4, 0.5) is 29.3 Å². The van der Waals surface area contributed by atoms with Crippen LogP contribution in [0.15, 0.2) is 47.2 Å². The number of hydrogen-bond acceptors (Lipinski definition) is 12. The maximum Gasteiger partial charge on any atom is 0.573 e. The molecule has 2 aromatic carbocycles. The average Bonchev–Trinajstić information content (AvgIpc) is 2.98. The number of likely N-dealkylation sites (N-methyl/N-ethyl adjacent to an activating group) is 1. The molecule has 1 saturated carbocycles. The molecule has 1 fully saturated rings. The smallest absolute Gasteiger partial charge is 0.573 e. The Morgan fingerprint density at radius 2 is 1.69 bits per heavy atom. The summed E-state index contributed by atoms with van der Waals surface area (Å²) in [6.45, 7) is -0.388. The number of nitrogens with two attached hydrogens (primary N) is 1. The molecule has 5 rings (SSSR count). The van der Waals surface area contributed by atoms with Crippen LogP contribution in [-0.4, -0.2) is 109 Å². The van der Waals surface area contributed by atoms with E-state index in [2.05, 4.69) is 15.4 Å². The van der Waals surface area contributed by atoms with Gasteiger partial charge in [0.2, 0.25) is 5.78 Å². The first-order chi connectivity index (χ1) is 23.5. The molecule has 1 unspecified atom stereocenters. The first kappa shape index (κ1) is 37.7. The summed E-state index contributed by atoms with van der Waals surface area (Å²) in [5.74, 6) is -7.28. The number of Topliss-reactive ketones (excluding diaryl/α,β-unsaturated/α-hetero) is 2. The van der Waals surface area contributed by atoms with Crippen molar-refractivity contribution in [3.05, 3.63) is 63.9 Å². The van der Waals surface area contributed by atoms with Crippen molar-refractivity contribution < 1.29 is 85.2 Å². The lowest BCUT2D eigenvalue weighted by Crippen LogP contribution is -3.47. The molecule has 15 nitrogen and oxygen atoms in total. The average molecular weight is 832 g/mol. The second-order valence-corrected chi connectivity index (χ2v) is 14.8. The minimum absolute atomic E-state index is 0.0130. The van der Waals surface area contributed by atoms with Gasteiger partial charge in [0.1, 0.15) is 28.6 Å². The van der Waals surface area contributed by atoms with Crippen LogP contribution in [-0.2, 0) is 27.3 Å². The van der Waals surface area contributed by atoms with Crippen LogP contribution in [0.3, 0.4) is 0 Å². The summed E-state index contributed by atoms with van der Waals surface area (Å²) in [5, 5.41) is 63.5. The molecule has 3 aliphatic carbocycles. The number of benzene rings is 2. The molecule has 0 spiro atoms. The largest absolute Gasteiger partial charge is 0.783 e. The van der Waals surface area contributed by atoms with Crippen molar-refractivity contribution in [2.75, 3.05) is 38.4 Å². The van der Waals surface area contributed by atoms with E-state index in [1.165, 1.54) is 25.1 Å². The van der Waals surface area contributed by atoms with E-state index < -0.39 is 97.5 Å². The predicted octanol–water partition coefficient (Wildman–Crippen LogP) is -1.96. The summed E-state index contributed by atoms with van der Waals surface area (Å²) < 4.78 is 39.2. The molecule has 9 N–H and O–H groups in total. The van der Waals surface area contributed by atoms with Gasteiger partial charge >= 0.3 is 12.4 Å². The van der Waals surface area contributed by atoms with E-state index in [0.29, 0.717) is 5.69 Å². The zero-order valence-corrected chi connectivity index (χ0v) is 29.5. The van der Waals surface area contributed by atoms with Gasteiger partial charge in [0.05, 0.1) is 22.8 Å². The molecule has 51 heavy (non-hydrogen) atoms. The SMILES string of the molecule is CN(C)c1cc(CNC(=O)Nc2ccc(OC(F)(F)F)cc2)c(O)c2c1C[C@@]1(O)CC3([I-])[C@H](N(C)C)C(=O)C(C(N)=O)=C(O)[C@@]3(O)C(=O)C1=C2O. The zero-order chi connectivity index (χ0) is 38.2. The highest BCUT2D eigenvalue weighted by Crippen LogP contribution is 2.55. The number of amides is 3. The van der Waals surface area contributed by atoms with Gasteiger partial charge in [-0.25, -0.2) is 4.79 Å². The van der Waals surface area contributed by atoms with Gasteiger partial charge < -0.3 is 79.0 Å². The van der Waals surface area contributed by atoms with Crippen molar-refractivity contribution in [1.29, 1.82) is 0 Å². The molecule has 0 aromatic heterocycles. The molecule has 0 aliphatic heterocycles. The minimum Gasteiger partial charge on any atom is -0.783 e. The maximum atomic E-state index is 14.4. The fourth-order valence-electron chi connectivity index (χ4n) is 7.05. The number of aliphatic hydroxyl groups is 4. The number of ketones is 2. The van der Waals surface area contributed by atoms with Crippen LogP contribution in [0.25, 0.3) is 5.76 Å². The Labute approximate surface area is 301 Å². The third-order valence-electron chi connectivity index (χ3n) is 9.12. The molecule has 4 atom stereocenters. The molecule has 19 heteroatoms. The first-order valence-electron chi connectivity index (χ1n) is 15.0. The third kappa shape index (κ3) is 6.00. The summed E-state index contributed by atoms with van der Waals surface area (Å²) in [7, 11) is 6.09. The Hall–Kier alpha value is -4.60. The van der Waals surface area contributed by atoms with Gasteiger partial charge in [-0.1, -0.05) is 3.42 Å². The number of anilines is 2. The normalized spacial score (nSPS) is 26.0. The fourth-order valence-corrected chi connectivity index (χ4v) is 9.02. The number of carbonyl (C=O) groups is 4. The Kier molecular flexibility index (Phi) is 9.28. The van der Waals surface area contributed by atoms with Gasteiger partial charge in [-0.05, 0) is 56.4 Å². The van der Waals surface area contributed by atoms with E-state index in [0.717, 1.165) is 24.3 Å². The van der Waals surface area contributed by atoms with E-state index in [-0.39, 0.29) is 28.9 Å². The summed E-state index contributed by atoms with van der Waals surface area (Å²) in [5.41, 5.74) is -1.49. The van der Waals surface area contributed by atoms with Crippen molar-refractivity contribution in [3.8, 4) is 11.5 Å². The number of carbonyl (C=O) groups excluding carboxylic acids is 4. The van der Waals surface area contributed by atoms with Crippen LogP contribution in [0.1, 0.15) is 23.1 Å². The minimum atomic E-state index is -4.90. The fraction of sp³-hybridized carbons (Fsp3) is 0.375. The first-order valence-corrected chi connectivity index (χ1v) is 16.1. The van der Waals surface area contributed by atoms with Crippen molar-refractivity contribution in [2.45, 2.75) is 46.4 Å². The van der Waals surface area contributed by atoms with Gasteiger partial charge in [0, 0.05) is 44.0 Å². The van der Waals surface area contributed by atoms with E-state index >= 15 is 0 Å². The second kappa shape index (κ2) is 12.6. The number of fused-ring (bicyclic) bond motifs is 3. The van der Waals surface area contributed by atoms with Crippen LogP contribution < -0.4 is 48.6 Å². The van der Waals surface area contributed by atoms with Gasteiger partial charge in [-0.2, -0.15) is 0 Å². The molecular formula is C32H33F3IN5O10-. The van der Waals surface area contributed by atoms with Gasteiger partial charge in [0.15, 0.2) is 11.4 Å². The predicted molar refractivity (Wildman–Crippen MR) is 168 cm³/mol. The molecular weight excluding hydrogens is 798 g/mol. The van der Waals surface area contributed by atoms with Crippen LogP contribution in [0.2, 0.25) is 0 Å². The number of rotatable bonds is 7. The lowest BCUT2D eigenvalue weighted by molar-refractivity contribution is -0.521. The molecule has 2 aromatic rings. The topological polar surface area (TPSA) is 235 Å². The summed E-state index contributed by atoms with van der Waals surface area (Å²) >= 11 is 1.61. The third-order valence-corrected chi connectivity index (χ3v) is 10.9. The number of alkyl halides is 4. The Morgan fingerprint density at radius 1 is 1.08 bits per heavy atom. The molecule has 0 heterocycles. The van der Waals surface area contributed by atoms with Crippen molar-refractivity contribution in [3.63, 3.8) is 0 Å². The standard InChI is InChI=1S/C32H33F3IN5O10/c1-40(2)17-9-13(11-38-28(48)39-14-5-7-15(8-6-14)51-32(33,34)35)21(42)18-16(17)10-29(49)12-30(36)24(41(3)4)23(44)19(27(37)47)25(45)31(30,50)26(46)20(29)22(18)43/h5-9,24,42-43,45,49-50H,10-12H2,1-4H3,(H2,37,47)(H2,38,39,48)/q-1/t24-,29-,30?,31-/m1/s1. The van der Waals surface area contributed by atoms with E-state index in [1.807, 2.05) is 0 Å². The van der Waals surface area contributed by atoms with Crippen LogP contribution in [0.5, 0.6) is 11.5 Å². The number of aromatic hydroxyl groups is 1. The molecule has 3 amide bonds.